The fourth-order valence-electron chi connectivity index (χ4n) is 4.15. The second-order valence-electron chi connectivity index (χ2n) is 9.07. The van der Waals surface area contributed by atoms with Crippen LogP contribution in [0.5, 0.6) is 0 Å². The first-order valence-corrected chi connectivity index (χ1v) is 12.3. The summed E-state index contributed by atoms with van der Waals surface area (Å²) in [6.07, 6.45) is 3.97. The fourth-order valence-corrected chi connectivity index (χ4v) is 4.15. The SMILES string of the molecule is CN(C)C(=O)N1CCN(c2ccc(C(=O)NCc3cccnc3)c(NCCc3cccc(F)c3)n2)CC1. The minimum Gasteiger partial charge on any atom is -0.369 e. The number of nitrogens with zero attached hydrogens (tertiary/aromatic N) is 5. The molecule has 3 aromatic rings. The quantitative estimate of drug-likeness (QED) is 0.489. The first-order chi connectivity index (χ1) is 17.9. The van der Waals surface area contributed by atoms with Crippen molar-refractivity contribution in [2.45, 2.75) is 13.0 Å². The molecule has 1 saturated heterocycles. The van der Waals surface area contributed by atoms with Crippen molar-refractivity contribution < 1.29 is 14.0 Å². The molecule has 10 heteroatoms. The number of anilines is 2. The predicted octanol–water partition coefficient (Wildman–Crippen LogP) is 3.00. The number of pyridine rings is 2. The van der Waals surface area contributed by atoms with Gasteiger partial charge in [-0.05, 0) is 47.9 Å². The number of carbonyl (C=O) groups excluding carboxylic acids is 2. The summed E-state index contributed by atoms with van der Waals surface area (Å²) in [5.74, 6) is 0.663. The van der Waals surface area contributed by atoms with Gasteiger partial charge in [0, 0.05) is 65.8 Å². The molecule has 1 aliphatic rings. The molecular weight excluding hydrogens is 473 g/mol. The van der Waals surface area contributed by atoms with E-state index >= 15 is 0 Å². The van der Waals surface area contributed by atoms with Crippen molar-refractivity contribution in [2.75, 3.05) is 57.0 Å². The van der Waals surface area contributed by atoms with Crippen LogP contribution in [0.1, 0.15) is 21.5 Å². The Morgan fingerprint density at radius 3 is 2.51 bits per heavy atom. The van der Waals surface area contributed by atoms with Gasteiger partial charge in [-0.1, -0.05) is 18.2 Å². The van der Waals surface area contributed by atoms with Gasteiger partial charge >= 0.3 is 6.03 Å². The van der Waals surface area contributed by atoms with E-state index in [1.807, 2.05) is 29.2 Å². The van der Waals surface area contributed by atoms with Crippen LogP contribution in [0.15, 0.2) is 60.9 Å². The summed E-state index contributed by atoms with van der Waals surface area (Å²) in [6, 6.07) is 13.8. The number of carbonyl (C=O) groups is 2. The van der Waals surface area contributed by atoms with Gasteiger partial charge in [0.25, 0.3) is 5.91 Å². The average molecular weight is 506 g/mol. The normalized spacial score (nSPS) is 13.3. The van der Waals surface area contributed by atoms with Crippen LogP contribution in [0, 0.1) is 5.82 Å². The first-order valence-electron chi connectivity index (χ1n) is 12.3. The Kier molecular flexibility index (Phi) is 8.50. The molecule has 1 aliphatic heterocycles. The van der Waals surface area contributed by atoms with Crippen molar-refractivity contribution in [2.24, 2.45) is 0 Å². The Morgan fingerprint density at radius 1 is 1.03 bits per heavy atom. The molecule has 0 bridgehead atoms. The zero-order valence-electron chi connectivity index (χ0n) is 21.2. The van der Waals surface area contributed by atoms with Crippen LogP contribution in [-0.4, -0.2) is 78.5 Å². The van der Waals surface area contributed by atoms with Crippen LogP contribution < -0.4 is 15.5 Å². The Balaban J connectivity index is 1.47. The molecule has 3 amide bonds. The van der Waals surface area contributed by atoms with E-state index in [1.165, 1.54) is 12.1 Å². The second-order valence-corrected chi connectivity index (χ2v) is 9.07. The summed E-state index contributed by atoms with van der Waals surface area (Å²) < 4.78 is 13.6. The Labute approximate surface area is 216 Å². The molecule has 2 N–H and O–H groups in total. The van der Waals surface area contributed by atoms with Gasteiger partial charge < -0.3 is 25.3 Å². The predicted molar refractivity (Wildman–Crippen MR) is 141 cm³/mol. The highest BCUT2D eigenvalue weighted by atomic mass is 19.1. The number of hydrogen-bond donors (Lipinski definition) is 2. The molecule has 1 aromatic carbocycles. The zero-order valence-corrected chi connectivity index (χ0v) is 21.2. The maximum Gasteiger partial charge on any atom is 0.319 e. The number of aromatic nitrogens is 2. The number of hydrogen-bond acceptors (Lipinski definition) is 6. The van der Waals surface area contributed by atoms with Gasteiger partial charge in [0.1, 0.15) is 17.5 Å². The lowest BCUT2D eigenvalue weighted by Crippen LogP contribution is -2.51. The Morgan fingerprint density at radius 2 is 1.81 bits per heavy atom. The molecule has 2 aromatic heterocycles. The molecule has 9 nitrogen and oxygen atoms in total. The van der Waals surface area contributed by atoms with Crippen molar-refractivity contribution in [1.29, 1.82) is 0 Å². The highest BCUT2D eigenvalue weighted by Gasteiger charge is 2.24. The smallest absolute Gasteiger partial charge is 0.319 e. The number of nitrogens with one attached hydrogen (secondary N) is 2. The largest absolute Gasteiger partial charge is 0.369 e. The lowest BCUT2D eigenvalue weighted by molar-refractivity contribution is 0.0951. The highest BCUT2D eigenvalue weighted by Crippen LogP contribution is 2.21. The van der Waals surface area contributed by atoms with Gasteiger partial charge in [-0.2, -0.15) is 0 Å². The first kappa shape index (κ1) is 25.9. The molecule has 194 valence electrons. The molecular formula is C27H32FN7O2. The van der Waals surface area contributed by atoms with Crippen molar-refractivity contribution in [3.05, 3.63) is 83.4 Å². The number of rotatable bonds is 8. The summed E-state index contributed by atoms with van der Waals surface area (Å²) in [7, 11) is 3.49. The molecule has 0 radical (unpaired) electrons. The average Bonchev–Trinajstić information content (AvgIpc) is 2.92. The van der Waals surface area contributed by atoms with Gasteiger partial charge in [0.2, 0.25) is 0 Å². The van der Waals surface area contributed by atoms with E-state index in [0.717, 1.165) is 16.9 Å². The number of amides is 3. The lowest BCUT2D eigenvalue weighted by atomic mass is 10.1. The summed E-state index contributed by atoms with van der Waals surface area (Å²) >= 11 is 0. The third-order valence-electron chi connectivity index (χ3n) is 6.15. The van der Waals surface area contributed by atoms with E-state index in [4.69, 9.17) is 4.98 Å². The zero-order chi connectivity index (χ0) is 26.2. The number of benzene rings is 1. The Bertz CT molecular complexity index is 1210. The van der Waals surface area contributed by atoms with E-state index in [0.29, 0.717) is 57.1 Å². The minimum absolute atomic E-state index is 0.00653. The van der Waals surface area contributed by atoms with Crippen molar-refractivity contribution in [3.63, 3.8) is 0 Å². The lowest BCUT2D eigenvalue weighted by Gasteiger charge is -2.36. The van der Waals surface area contributed by atoms with Crippen LogP contribution in [-0.2, 0) is 13.0 Å². The summed E-state index contributed by atoms with van der Waals surface area (Å²) in [6.45, 7) is 3.29. The van der Waals surface area contributed by atoms with Crippen molar-refractivity contribution >= 4 is 23.6 Å². The van der Waals surface area contributed by atoms with E-state index < -0.39 is 0 Å². The molecule has 37 heavy (non-hydrogen) atoms. The monoisotopic (exact) mass is 505 g/mol. The van der Waals surface area contributed by atoms with E-state index in [1.54, 1.807) is 43.5 Å². The molecule has 0 saturated carbocycles. The molecule has 3 heterocycles. The fraction of sp³-hybridized carbons (Fsp3) is 0.333. The van der Waals surface area contributed by atoms with Gasteiger partial charge in [-0.3, -0.25) is 9.78 Å². The maximum absolute atomic E-state index is 13.6. The number of halogens is 1. The third-order valence-corrected chi connectivity index (χ3v) is 6.15. The van der Waals surface area contributed by atoms with E-state index in [9.17, 15) is 14.0 Å². The standard InChI is InChI=1S/C27H32FN7O2/c1-33(2)27(37)35-15-13-34(14-16-35)24-9-8-23(26(36)31-19-21-6-4-11-29-18-21)25(32-24)30-12-10-20-5-3-7-22(28)17-20/h3-9,11,17-18H,10,12-16,19H2,1-2H3,(H,30,32)(H,31,36). The minimum atomic E-state index is -0.278. The van der Waals surface area contributed by atoms with E-state index in [-0.39, 0.29) is 17.8 Å². The van der Waals surface area contributed by atoms with Crippen LogP contribution in [0.2, 0.25) is 0 Å². The number of urea groups is 1. The van der Waals surface area contributed by atoms with E-state index in [2.05, 4.69) is 20.5 Å². The Hall–Kier alpha value is -4.21. The number of piperazine rings is 1. The van der Waals surface area contributed by atoms with Crippen LogP contribution in [0.3, 0.4) is 0 Å². The van der Waals surface area contributed by atoms with Gasteiger partial charge in [0.15, 0.2) is 0 Å². The molecule has 1 fully saturated rings. The van der Waals surface area contributed by atoms with Crippen molar-refractivity contribution in [1.82, 2.24) is 25.1 Å². The van der Waals surface area contributed by atoms with Gasteiger partial charge in [-0.15, -0.1) is 0 Å². The van der Waals surface area contributed by atoms with Gasteiger partial charge in [0.05, 0.1) is 5.56 Å². The molecule has 4 rings (SSSR count). The van der Waals surface area contributed by atoms with Crippen molar-refractivity contribution in [3.8, 4) is 0 Å². The maximum atomic E-state index is 13.6. The van der Waals surface area contributed by atoms with Crippen LogP contribution >= 0.6 is 0 Å². The molecule has 0 atom stereocenters. The second kappa shape index (κ2) is 12.2. The summed E-state index contributed by atoms with van der Waals surface area (Å²) in [5.41, 5.74) is 2.17. The molecule has 0 aliphatic carbocycles. The summed E-state index contributed by atoms with van der Waals surface area (Å²) in [4.78, 5) is 39.7. The topological polar surface area (TPSA) is 93.7 Å². The van der Waals surface area contributed by atoms with Crippen LogP contribution in [0.25, 0.3) is 0 Å². The van der Waals surface area contributed by atoms with Gasteiger partial charge in [-0.25, -0.2) is 14.2 Å². The summed E-state index contributed by atoms with van der Waals surface area (Å²) in [5, 5.41) is 6.21. The molecule has 0 spiro atoms. The highest BCUT2D eigenvalue weighted by molar-refractivity contribution is 5.99. The molecule has 0 unspecified atom stereocenters. The van der Waals surface area contributed by atoms with Crippen LogP contribution in [0.4, 0.5) is 20.8 Å². The third kappa shape index (κ3) is 6.93.